The predicted molar refractivity (Wildman–Crippen MR) is 79.9 cm³/mol. The highest BCUT2D eigenvalue weighted by Gasteiger charge is 2.18. The molecule has 0 amide bonds. The zero-order valence-corrected chi connectivity index (χ0v) is 12.2. The summed E-state index contributed by atoms with van der Waals surface area (Å²) < 4.78 is 0. The van der Waals surface area contributed by atoms with E-state index in [1.165, 1.54) is 5.69 Å². The first-order valence-corrected chi connectivity index (χ1v) is 6.83. The van der Waals surface area contributed by atoms with Crippen LogP contribution >= 0.6 is 0 Å². The lowest BCUT2D eigenvalue weighted by Crippen LogP contribution is -2.29. The van der Waals surface area contributed by atoms with E-state index in [4.69, 9.17) is 5.11 Å². The van der Waals surface area contributed by atoms with Crippen molar-refractivity contribution in [3.8, 4) is 0 Å². The molecule has 2 unspecified atom stereocenters. The first-order valence-electron chi connectivity index (χ1n) is 6.83. The molecule has 1 rings (SSSR count). The fourth-order valence-electron chi connectivity index (χ4n) is 1.96. The average Bonchev–Trinajstić information content (AvgIpc) is 2.41. The quantitative estimate of drug-likeness (QED) is 0.794. The number of hydrogen-bond acceptors (Lipinski definition) is 3. The second-order valence-corrected chi connectivity index (χ2v) is 4.78. The van der Waals surface area contributed by atoms with E-state index in [-0.39, 0.29) is 6.04 Å². The summed E-state index contributed by atoms with van der Waals surface area (Å²) >= 11 is 0. The molecule has 0 heterocycles. The van der Waals surface area contributed by atoms with E-state index in [1.807, 2.05) is 19.1 Å². The fourth-order valence-corrected chi connectivity index (χ4v) is 1.96. The van der Waals surface area contributed by atoms with Crippen LogP contribution in [0.2, 0.25) is 0 Å². The number of rotatable bonds is 7. The van der Waals surface area contributed by atoms with E-state index in [1.54, 1.807) is 6.92 Å². The minimum atomic E-state index is -0.778. The van der Waals surface area contributed by atoms with Crippen molar-refractivity contribution in [2.75, 3.05) is 23.3 Å². The fraction of sp³-hybridized carbons (Fsp3) is 0.533. The summed E-state index contributed by atoms with van der Waals surface area (Å²) in [5.74, 6) is -1.19. The van der Waals surface area contributed by atoms with Gasteiger partial charge in [-0.05, 0) is 52.0 Å². The van der Waals surface area contributed by atoms with Crippen LogP contribution in [0, 0.1) is 5.92 Å². The molecule has 0 aliphatic carbocycles. The Morgan fingerprint density at radius 1 is 1.21 bits per heavy atom. The van der Waals surface area contributed by atoms with Gasteiger partial charge in [-0.25, -0.2) is 0 Å². The van der Waals surface area contributed by atoms with Crippen molar-refractivity contribution in [2.45, 2.75) is 33.7 Å². The molecule has 106 valence electrons. The zero-order valence-electron chi connectivity index (χ0n) is 12.2. The van der Waals surface area contributed by atoms with Crippen LogP contribution in [0.3, 0.4) is 0 Å². The van der Waals surface area contributed by atoms with Crippen molar-refractivity contribution in [1.82, 2.24) is 0 Å². The maximum absolute atomic E-state index is 10.9. The van der Waals surface area contributed by atoms with Gasteiger partial charge in [0, 0.05) is 30.5 Å². The third-order valence-corrected chi connectivity index (χ3v) is 3.53. The number of nitrogens with one attached hydrogen (secondary N) is 1. The molecule has 0 saturated heterocycles. The largest absolute Gasteiger partial charge is 0.481 e. The van der Waals surface area contributed by atoms with Gasteiger partial charge in [-0.15, -0.1) is 0 Å². The molecular formula is C15H24N2O2. The van der Waals surface area contributed by atoms with Crippen LogP contribution in [0.1, 0.15) is 27.7 Å². The molecule has 0 aliphatic rings. The van der Waals surface area contributed by atoms with Gasteiger partial charge in [0.15, 0.2) is 0 Å². The second kappa shape index (κ2) is 7.02. The van der Waals surface area contributed by atoms with Crippen molar-refractivity contribution in [3.63, 3.8) is 0 Å². The summed E-state index contributed by atoms with van der Waals surface area (Å²) in [5.41, 5.74) is 2.14. The minimum Gasteiger partial charge on any atom is -0.481 e. The van der Waals surface area contributed by atoms with Gasteiger partial charge in [-0.1, -0.05) is 0 Å². The molecule has 1 aromatic rings. The van der Waals surface area contributed by atoms with Crippen LogP contribution in [0.25, 0.3) is 0 Å². The molecule has 4 heteroatoms. The van der Waals surface area contributed by atoms with Gasteiger partial charge < -0.3 is 15.3 Å². The predicted octanol–water partition coefficient (Wildman–Crippen LogP) is 3.05. The monoisotopic (exact) mass is 264 g/mol. The number of carbonyl (C=O) groups is 1. The normalized spacial score (nSPS) is 13.7. The topological polar surface area (TPSA) is 52.6 Å². The highest BCUT2D eigenvalue weighted by molar-refractivity contribution is 5.71. The van der Waals surface area contributed by atoms with Gasteiger partial charge in [-0.3, -0.25) is 4.79 Å². The van der Waals surface area contributed by atoms with Crippen LogP contribution in [0.4, 0.5) is 11.4 Å². The van der Waals surface area contributed by atoms with E-state index < -0.39 is 11.9 Å². The summed E-state index contributed by atoms with van der Waals surface area (Å²) in [4.78, 5) is 13.2. The number of anilines is 2. The van der Waals surface area contributed by atoms with Crippen molar-refractivity contribution in [2.24, 2.45) is 5.92 Å². The highest BCUT2D eigenvalue weighted by atomic mass is 16.4. The van der Waals surface area contributed by atoms with Gasteiger partial charge >= 0.3 is 5.97 Å². The Labute approximate surface area is 115 Å². The molecule has 0 saturated carbocycles. The van der Waals surface area contributed by atoms with Gasteiger partial charge in [-0.2, -0.15) is 0 Å². The standard InChI is InChI=1S/C15H24N2O2/c1-5-17(6-2)14-9-7-13(8-10-14)16-12(4)11(3)15(18)19/h7-12,16H,5-6H2,1-4H3,(H,18,19). The van der Waals surface area contributed by atoms with Crippen molar-refractivity contribution >= 4 is 17.3 Å². The van der Waals surface area contributed by atoms with Gasteiger partial charge in [0.25, 0.3) is 0 Å². The van der Waals surface area contributed by atoms with E-state index in [0.29, 0.717) is 0 Å². The minimum absolute atomic E-state index is 0.100. The Balaban J connectivity index is 2.69. The van der Waals surface area contributed by atoms with Crippen molar-refractivity contribution in [1.29, 1.82) is 0 Å². The summed E-state index contributed by atoms with van der Waals surface area (Å²) in [6.45, 7) is 9.82. The van der Waals surface area contributed by atoms with Crippen LogP contribution < -0.4 is 10.2 Å². The third-order valence-electron chi connectivity index (χ3n) is 3.53. The van der Waals surface area contributed by atoms with Crippen LogP contribution in [-0.2, 0) is 4.79 Å². The van der Waals surface area contributed by atoms with E-state index in [2.05, 4.69) is 36.2 Å². The van der Waals surface area contributed by atoms with Crippen molar-refractivity contribution < 1.29 is 9.90 Å². The smallest absolute Gasteiger partial charge is 0.308 e. The first kappa shape index (κ1) is 15.3. The van der Waals surface area contributed by atoms with Gasteiger partial charge in [0.05, 0.1) is 5.92 Å². The number of carboxylic acids is 1. The zero-order chi connectivity index (χ0) is 14.4. The van der Waals surface area contributed by atoms with E-state index in [0.717, 1.165) is 18.8 Å². The molecule has 0 fully saturated rings. The van der Waals surface area contributed by atoms with Crippen LogP contribution in [0.5, 0.6) is 0 Å². The Hall–Kier alpha value is -1.71. The first-order chi connectivity index (χ1) is 8.99. The molecule has 0 aliphatic heterocycles. The summed E-state index contributed by atoms with van der Waals surface area (Å²) in [6, 6.07) is 8.02. The number of nitrogens with zero attached hydrogens (tertiary/aromatic N) is 1. The lowest BCUT2D eigenvalue weighted by Gasteiger charge is -2.22. The Morgan fingerprint density at radius 2 is 1.74 bits per heavy atom. The molecule has 0 bridgehead atoms. The maximum atomic E-state index is 10.9. The van der Waals surface area contributed by atoms with Crippen LogP contribution in [0.15, 0.2) is 24.3 Å². The molecule has 0 spiro atoms. The van der Waals surface area contributed by atoms with Crippen LogP contribution in [-0.4, -0.2) is 30.2 Å². The van der Waals surface area contributed by atoms with E-state index in [9.17, 15) is 4.79 Å². The van der Waals surface area contributed by atoms with Crippen molar-refractivity contribution in [3.05, 3.63) is 24.3 Å². The average molecular weight is 264 g/mol. The summed E-state index contributed by atoms with van der Waals surface area (Å²) in [5, 5.41) is 12.2. The Morgan fingerprint density at radius 3 is 2.16 bits per heavy atom. The van der Waals surface area contributed by atoms with Gasteiger partial charge in [0.1, 0.15) is 0 Å². The summed E-state index contributed by atoms with van der Waals surface area (Å²) in [6.07, 6.45) is 0. The van der Waals surface area contributed by atoms with Gasteiger partial charge in [0.2, 0.25) is 0 Å². The molecule has 19 heavy (non-hydrogen) atoms. The molecule has 2 atom stereocenters. The summed E-state index contributed by atoms with van der Waals surface area (Å²) in [7, 11) is 0. The molecule has 2 N–H and O–H groups in total. The molecule has 1 aromatic carbocycles. The molecule has 0 aromatic heterocycles. The number of carboxylic acid groups (broad SMARTS) is 1. The third kappa shape index (κ3) is 4.16. The molecule has 4 nitrogen and oxygen atoms in total. The second-order valence-electron chi connectivity index (χ2n) is 4.78. The Bertz CT molecular complexity index is 399. The SMILES string of the molecule is CCN(CC)c1ccc(NC(C)C(C)C(=O)O)cc1. The lowest BCUT2D eigenvalue weighted by molar-refractivity contribution is -0.141. The molecule has 0 radical (unpaired) electrons. The molecular weight excluding hydrogens is 240 g/mol. The Kier molecular flexibility index (Phi) is 5.67. The number of benzene rings is 1. The number of hydrogen-bond donors (Lipinski definition) is 2. The lowest BCUT2D eigenvalue weighted by atomic mass is 10.0. The number of aliphatic carboxylic acids is 1. The van der Waals surface area contributed by atoms with E-state index >= 15 is 0 Å². The highest BCUT2D eigenvalue weighted by Crippen LogP contribution is 2.19. The maximum Gasteiger partial charge on any atom is 0.308 e.